The molecule has 9 heteroatoms. The van der Waals surface area contributed by atoms with Crippen molar-refractivity contribution in [3.05, 3.63) is 68.6 Å². The fraction of sp³-hybridized carbons (Fsp3) is 0.409. The van der Waals surface area contributed by atoms with Gasteiger partial charge < -0.3 is 9.88 Å². The van der Waals surface area contributed by atoms with E-state index in [1.807, 2.05) is 24.3 Å². The Bertz CT molecular complexity index is 1160. The van der Waals surface area contributed by atoms with E-state index < -0.39 is 15.6 Å². The van der Waals surface area contributed by atoms with Gasteiger partial charge in [0.1, 0.15) is 11.6 Å². The van der Waals surface area contributed by atoms with Gasteiger partial charge in [-0.25, -0.2) is 8.42 Å². The minimum Gasteiger partial charge on any atom is -0.340 e. The third-order valence-corrected chi connectivity index (χ3v) is 7.54. The van der Waals surface area contributed by atoms with Crippen LogP contribution >= 0.6 is 0 Å². The molecule has 1 N–H and O–H groups in total. The van der Waals surface area contributed by atoms with E-state index in [0.29, 0.717) is 30.8 Å². The summed E-state index contributed by atoms with van der Waals surface area (Å²) in [5.41, 5.74) is 2.46. The van der Waals surface area contributed by atoms with Crippen LogP contribution in [0.2, 0.25) is 0 Å². The van der Waals surface area contributed by atoms with Crippen molar-refractivity contribution in [1.82, 2.24) is 14.2 Å². The molecule has 0 atom stereocenters. The Hall–Kier alpha value is -2.96. The lowest BCUT2D eigenvalue weighted by Gasteiger charge is -2.34. The second kappa shape index (κ2) is 9.45. The Balaban J connectivity index is 1.58. The van der Waals surface area contributed by atoms with Gasteiger partial charge in [-0.2, -0.15) is 9.57 Å². The van der Waals surface area contributed by atoms with Gasteiger partial charge in [-0.15, -0.1) is 0 Å². The van der Waals surface area contributed by atoms with Crippen molar-refractivity contribution in [2.45, 2.75) is 32.4 Å². The number of amides is 1. The highest BCUT2D eigenvalue weighted by molar-refractivity contribution is 7.88. The Morgan fingerprint density at radius 1 is 1.13 bits per heavy atom. The molecule has 0 spiro atoms. The maximum Gasteiger partial charge on any atom is 0.266 e. The molecule has 1 aromatic heterocycles. The molecule has 2 heterocycles. The molecule has 0 radical (unpaired) electrons. The number of carbonyl (C=O) groups excluding carboxylic acids is 1. The highest BCUT2D eigenvalue weighted by atomic mass is 32.2. The average molecular weight is 443 g/mol. The first-order valence-corrected chi connectivity index (χ1v) is 11.8. The van der Waals surface area contributed by atoms with E-state index in [1.54, 1.807) is 30.9 Å². The van der Waals surface area contributed by atoms with Crippen LogP contribution < -0.4 is 5.56 Å². The van der Waals surface area contributed by atoms with Gasteiger partial charge in [-0.05, 0) is 37.0 Å². The van der Waals surface area contributed by atoms with Crippen molar-refractivity contribution >= 4 is 15.9 Å². The molecule has 0 aliphatic carbocycles. The number of piperazine rings is 1. The van der Waals surface area contributed by atoms with E-state index >= 15 is 0 Å². The number of nitrogens with zero attached hydrogens (tertiary/aromatic N) is 3. The molecule has 0 bridgehead atoms. The summed E-state index contributed by atoms with van der Waals surface area (Å²) in [5, 5.41) is 9.18. The molecule has 31 heavy (non-hydrogen) atoms. The van der Waals surface area contributed by atoms with E-state index in [-0.39, 0.29) is 36.7 Å². The summed E-state index contributed by atoms with van der Waals surface area (Å²) in [4.78, 5) is 28.9. The van der Waals surface area contributed by atoms with E-state index in [1.165, 1.54) is 4.31 Å². The summed E-state index contributed by atoms with van der Waals surface area (Å²) in [6, 6.07) is 11.0. The minimum absolute atomic E-state index is 0.0478. The second-order valence-corrected chi connectivity index (χ2v) is 9.66. The number of aromatic nitrogens is 1. The highest BCUT2D eigenvalue weighted by Gasteiger charge is 2.29. The number of rotatable bonds is 6. The van der Waals surface area contributed by atoms with Crippen LogP contribution in [0.4, 0.5) is 0 Å². The minimum atomic E-state index is -3.43. The first-order chi connectivity index (χ1) is 14.7. The summed E-state index contributed by atoms with van der Waals surface area (Å²) in [7, 11) is -3.43. The maximum absolute atomic E-state index is 12.7. The third-order valence-electron chi connectivity index (χ3n) is 5.69. The number of benzene rings is 1. The number of carbonyl (C=O) groups is 1. The molecule has 164 valence electrons. The number of hydrogen-bond donors (Lipinski definition) is 1. The Labute approximate surface area is 182 Å². The first kappa shape index (κ1) is 22.7. The van der Waals surface area contributed by atoms with Crippen LogP contribution in [-0.4, -0.2) is 54.7 Å². The van der Waals surface area contributed by atoms with Gasteiger partial charge in [-0.3, -0.25) is 9.59 Å². The van der Waals surface area contributed by atoms with E-state index in [2.05, 4.69) is 4.98 Å². The van der Waals surface area contributed by atoms with Crippen LogP contribution in [0.15, 0.2) is 35.1 Å². The molecular formula is C22H26N4O4S. The summed E-state index contributed by atoms with van der Waals surface area (Å²) < 4.78 is 26.8. The molecule has 0 saturated carbocycles. The van der Waals surface area contributed by atoms with Crippen molar-refractivity contribution in [3.63, 3.8) is 0 Å². The number of aryl methyl sites for hydroxylation is 1. The first-order valence-electron chi connectivity index (χ1n) is 10.1. The Kier molecular flexibility index (Phi) is 6.93. The van der Waals surface area contributed by atoms with Gasteiger partial charge in [0.25, 0.3) is 5.56 Å². The molecule has 8 nitrogen and oxygen atoms in total. The summed E-state index contributed by atoms with van der Waals surface area (Å²) in [6.45, 7) is 4.72. The molecule has 0 unspecified atom stereocenters. The topological polar surface area (TPSA) is 114 Å². The average Bonchev–Trinajstić information content (AvgIpc) is 2.74. The number of pyridine rings is 1. The zero-order valence-electron chi connectivity index (χ0n) is 17.7. The van der Waals surface area contributed by atoms with Gasteiger partial charge in [0.15, 0.2) is 0 Å². The lowest BCUT2D eigenvalue weighted by atomic mass is 9.99. The molecule has 3 rings (SSSR count). The lowest BCUT2D eigenvalue weighted by molar-refractivity contribution is -0.132. The Morgan fingerprint density at radius 2 is 1.77 bits per heavy atom. The second-order valence-electron chi connectivity index (χ2n) is 7.69. The van der Waals surface area contributed by atoms with E-state index in [0.717, 1.165) is 11.1 Å². The van der Waals surface area contributed by atoms with E-state index in [9.17, 15) is 23.3 Å². The SMILES string of the molecule is Cc1[nH]c(=O)c(C#N)c(C)c1CCC(=O)N1CCN(S(=O)(=O)Cc2ccccc2)CC1. The zero-order chi connectivity index (χ0) is 22.6. The zero-order valence-corrected chi connectivity index (χ0v) is 18.5. The summed E-state index contributed by atoms with van der Waals surface area (Å²) >= 11 is 0. The Morgan fingerprint density at radius 3 is 2.39 bits per heavy atom. The fourth-order valence-corrected chi connectivity index (χ4v) is 5.42. The lowest BCUT2D eigenvalue weighted by Crippen LogP contribution is -2.50. The van der Waals surface area contributed by atoms with Crippen molar-refractivity contribution in [2.24, 2.45) is 0 Å². The van der Waals surface area contributed by atoms with Gasteiger partial charge in [0.2, 0.25) is 15.9 Å². The van der Waals surface area contributed by atoms with Crippen LogP contribution in [0.5, 0.6) is 0 Å². The van der Waals surface area contributed by atoms with Gasteiger partial charge in [0, 0.05) is 38.3 Å². The normalized spacial score (nSPS) is 14.9. The predicted octanol–water partition coefficient (Wildman–Crippen LogP) is 1.47. The number of nitrogens with one attached hydrogen (secondary N) is 1. The van der Waals surface area contributed by atoms with Crippen LogP contribution in [0.1, 0.15) is 34.4 Å². The largest absolute Gasteiger partial charge is 0.340 e. The molecule has 1 amide bonds. The van der Waals surface area contributed by atoms with Crippen molar-refractivity contribution < 1.29 is 13.2 Å². The quantitative estimate of drug-likeness (QED) is 0.728. The molecule has 2 aromatic rings. The number of sulfonamides is 1. The highest BCUT2D eigenvalue weighted by Crippen LogP contribution is 2.17. The smallest absolute Gasteiger partial charge is 0.266 e. The van der Waals surface area contributed by atoms with Crippen LogP contribution in [0.25, 0.3) is 0 Å². The molecule has 1 aromatic carbocycles. The third kappa shape index (κ3) is 5.21. The van der Waals surface area contributed by atoms with Crippen LogP contribution in [0.3, 0.4) is 0 Å². The van der Waals surface area contributed by atoms with Gasteiger partial charge in [0.05, 0.1) is 5.75 Å². The van der Waals surface area contributed by atoms with Gasteiger partial charge >= 0.3 is 0 Å². The number of nitriles is 1. The van der Waals surface area contributed by atoms with Crippen molar-refractivity contribution in [3.8, 4) is 6.07 Å². The molecule has 1 aliphatic rings. The van der Waals surface area contributed by atoms with Crippen molar-refractivity contribution in [1.29, 1.82) is 5.26 Å². The summed E-state index contributed by atoms with van der Waals surface area (Å²) in [5.74, 6) is -0.114. The molecule has 1 aliphatic heterocycles. The fourth-order valence-electron chi connectivity index (χ4n) is 3.90. The van der Waals surface area contributed by atoms with Crippen molar-refractivity contribution in [2.75, 3.05) is 26.2 Å². The molecule has 1 saturated heterocycles. The van der Waals surface area contributed by atoms with Gasteiger partial charge in [-0.1, -0.05) is 30.3 Å². The molecule has 1 fully saturated rings. The monoisotopic (exact) mass is 442 g/mol. The molecular weight excluding hydrogens is 416 g/mol. The maximum atomic E-state index is 12.7. The van der Waals surface area contributed by atoms with Crippen LogP contribution in [-0.2, 0) is 27.0 Å². The number of H-pyrrole nitrogens is 1. The van der Waals surface area contributed by atoms with Crippen LogP contribution in [0, 0.1) is 25.2 Å². The number of aromatic amines is 1. The number of hydrogen-bond acceptors (Lipinski definition) is 5. The summed E-state index contributed by atoms with van der Waals surface area (Å²) in [6.07, 6.45) is 0.643. The van der Waals surface area contributed by atoms with E-state index in [4.69, 9.17) is 0 Å². The predicted molar refractivity (Wildman–Crippen MR) is 117 cm³/mol. The standard InChI is InChI=1S/C22H26N4O4S/c1-16-19(17(2)24-22(28)20(16)14-23)8-9-21(27)25-10-12-26(13-11-25)31(29,30)15-18-6-4-3-5-7-18/h3-7H,8-13,15H2,1-2H3,(H,24,28).